The SMILES string of the molecule is Cc1cc(C)c(C(Br)c2ccc(Br)cc2C(F)(F)F)s1. The van der Waals surface area contributed by atoms with Crippen molar-refractivity contribution in [3.05, 3.63) is 55.2 Å². The Labute approximate surface area is 136 Å². The van der Waals surface area contributed by atoms with E-state index in [0.717, 1.165) is 21.4 Å². The highest BCUT2D eigenvalue weighted by molar-refractivity contribution is 9.10. The molecule has 20 heavy (non-hydrogen) atoms. The van der Waals surface area contributed by atoms with E-state index in [9.17, 15) is 13.2 Å². The van der Waals surface area contributed by atoms with Gasteiger partial charge in [-0.1, -0.05) is 37.9 Å². The highest BCUT2D eigenvalue weighted by Gasteiger charge is 2.35. The Morgan fingerprint density at radius 3 is 2.30 bits per heavy atom. The molecule has 0 amide bonds. The first-order valence-electron chi connectivity index (χ1n) is 5.78. The summed E-state index contributed by atoms with van der Waals surface area (Å²) in [5.41, 5.74) is 0.635. The Hall–Kier alpha value is -0.330. The minimum absolute atomic E-state index is 0.241. The molecule has 1 atom stereocenters. The van der Waals surface area contributed by atoms with Gasteiger partial charge in [-0.2, -0.15) is 13.2 Å². The van der Waals surface area contributed by atoms with Crippen LogP contribution in [0.2, 0.25) is 0 Å². The maximum Gasteiger partial charge on any atom is 0.416 e. The van der Waals surface area contributed by atoms with Crippen LogP contribution in [0.1, 0.15) is 31.3 Å². The predicted molar refractivity (Wildman–Crippen MR) is 83.7 cm³/mol. The average molecular weight is 428 g/mol. The molecule has 0 fully saturated rings. The normalized spacial score (nSPS) is 13.6. The minimum Gasteiger partial charge on any atom is -0.166 e. The number of hydrogen-bond donors (Lipinski definition) is 0. The molecule has 108 valence electrons. The van der Waals surface area contributed by atoms with Gasteiger partial charge in [0, 0.05) is 14.2 Å². The van der Waals surface area contributed by atoms with Crippen molar-refractivity contribution >= 4 is 43.2 Å². The molecule has 1 heterocycles. The Balaban J connectivity index is 2.55. The van der Waals surface area contributed by atoms with Gasteiger partial charge in [0.1, 0.15) is 0 Å². The number of benzene rings is 1. The van der Waals surface area contributed by atoms with Gasteiger partial charge >= 0.3 is 6.18 Å². The van der Waals surface area contributed by atoms with Gasteiger partial charge in [-0.05, 0) is 43.2 Å². The molecule has 0 aliphatic rings. The van der Waals surface area contributed by atoms with Crippen molar-refractivity contribution in [3.63, 3.8) is 0 Å². The molecule has 1 unspecified atom stereocenters. The van der Waals surface area contributed by atoms with E-state index in [1.165, 1.54) is 17.4 Å². The number of alkyl halides is 4. The van der Waals surface area contributed by atoms with Crippen LogP contribution in [0, 0.1) is 13.8 Å². The van der Waals surface area contributed by atoms with Crippen molar-refractivity contribution in [3.8, 4) is 0 Å². The summed E-state index contributed by atoms with van der Waals surface area (Å²) in [4.78, 5) is 1.55. The van der Waals surface area contributed by atoms with Crippen LogP contribution in [0.4, 0.5) is 13.2 Å². The predicted octanol–water partition coefficient (Wildman–Crippen LogP) is 6.63. The van der Waals surface area contributed by atoms with E-state index in [0.29, 0.717) is 4.47 Å². The molecule has 0 spiro atoms. The summed E-state index contributed by atoms with van der Waals surface area (Å²) in [6, 6.07) is 6.26. The third kappa shape index (κ3) is 3.28. The number of hydrogen-bond acceptors (Lipinski definition) is 1. The summed E-state index contributed by atoms with van der Waals surface area (Å²) < 4.78 is 39.9. The van der Waals surface area contributed by atoms with Gasteiger partial charge in [-0.25, -0.2) is 0 Å². The summed E-state index contributed by atoms with van der Waals surface area (Å²) in [5.74, 6) is 0. The number of aryl methyl sites for hydroxylation is 2. The van der Waals surface area contributed by atoms with Gasteiger partial charge in [0.25, 0.3) is 0 Å². The van der Waals surface area contributed by atoms with Crippen molar-refractivity contribution in [2.24, 2.45) is 0 Å². The van der Waals surface area contributed by atoms with Crippen molar-refractivity contribution in [2.75, 3.05) is 0 Å². The first kappa shape index (κ1) is 16.0. The van der Waals surface area contributed by atoms with E-state index in [1.807, 2.05) is 19.9 Å². The lowest BCUT2D eigenvalue weighted by Gasteiger charge is -2.17. The molecule has 2 aromatic rings. The fourth-order valence-electron chi connectivity index (χ4n) is 2.05. The molecule has 2 rings (SSSR count). The largest absolute Gasteiger partial charge is 0.416 e. The maximum atomic E-state index is 13.2. The third-order valence-corrected chi connectivity index (χ3v) is 5.87. The highest BCUT2D eigenvalue weighted by Crippen LogP contribution is 2.44. The van der Waals surface area contributed by atoms with Gasteiger partial charge in [-0.15, -0.1) is 11.3 Å². The molecule has 0 N–H and O–H groups in total. The smallest absolute Gasteiger partial charge is 0.166 e. The van der Waals surface area contributed by atoms with E-state index in [2.05, 4.69) is 31.9 Å². The van der Waals surface area contributed by atoms with Crippen LogP contribution in [0.25, 0.3) is 0 Å². The monoisotopic (exact) mass is 426 g/mol. The standard InChI is InChI=1S/C14H11Br2F3S/c1-7-5-8(2)20-13(7)12(16)10-4-3-9(15)6-11(10)14(17,18)19/h3-6,12H,1-2H3. The Morgan fingerprint density at radius 2 is 1.80 bits per heavy atom. The van der Waals surface area contributed by atoms with E-state index in [-0.39, 0.29) is 5.56 Å². The van der Waals surface area contributed by atoms with Crippen molar-refractivity contribution in [2.45, 2.75) is 24.9 Å². The van der Waals surface area contributed by atoms with Crippen molar-refractivity contribution in [1.82, 2.24) is 0 Å². The second-order valence-corrected chi connectivity index (χ2v) is 7.62. The second-order valence-electron chi connectivity index (χ2n) is 4.50. The lowest BCUT2D eigenvalue weighted by molar-refractivity contribution is -0.138. The Bertz CT molecular complexity index is 632. The first-order valence-corrected chi connectivity index (χ1v) is 8.30. The highest BCUT2D eigenvalue weighted by atomic mass is 79.9. The average Bonchev–Trinajstić information content (AvgIpc) is 2.66. The molecule has 0 saturated carbocycles. The van der Waals surface area contributed by atoms with Crippen LogP contribution >= 0.6 is 43.2 Å². The topological polar surface area (TPSA) is 0 Å². The van der Waals surface area contributed by atoms with Crippen LogP contribution in [0.5, 0.6) is 0 Å². The molecule has 1 aromatic carbocycles. The van der Waals surface area contributed by atoms with E-state index in [1.54, 1.807) is 6.07 Å². The van der Waals surface area contributed by atoms with Crippen LogP contribution in [0.15, 0.2) is 28.7 Å². The van der Waals surface area contributed by atoms with Crippen LogP contribution in [-0.4, -0.2) is 0 Å². The summed E-state index contributed by atoms with van der Waals surface area (Å²) in [7, 11) is 0. The molecule has 0 bridgehead atoms. The molecule has 0 aliphatic carbocycles. The first-order chi connectivity index (χ1) is 9.20. The zero-order valence-electron chi connectivity index (χ0n) is 10.7. The van der Waals surface area contributed by atoms with Crippen LogP contribution < -0.4 is 0 Å². The fourth-order valence-corrected chi connectivity index (χ4v) is 4.48. The lowest BCUT2D eigenvalue weighted by atomic mass is 10.0. The molecular weight excluding hydrogens is 417 g/mol. The minimum atomic E-state index is -4.37. The van der Waals surface area contributed by atoms with Crippen LogP contribution in [-0.2, 0) is 6.18 Å². The molecule has 0 aliphatic heterocycles. The quantitative estimate of drug-likeness (QED) is 0.471. The molecule has 1 aromatic heterocycles. The third-order valence-electron chi connectivity index (χ3n) is 2.90. The van der Waals surface area contributed by atoms with Crippen molar-refractivity contribution < 1.29 is 13.2 Å². The Kier molecular flexibility index (Phi) is 4.66. The summed E-state index contributed by atoms with van der Waals surface area (Å²) >= 11 is 8.04. The fraction of sp³-hybridized carbons (Fsp3) is 0.286. The summed E-state index contributed by atoms with van der Waals surface area (Å²) in [6.45, 7) is 3.87. The van der Waals surface area contributed by atoms with Gasteiger partial charge < -0.3 is 0 Å². The van der Waals surface area contributed by atoms with Crippen LogP contribution in [0.3, 0.4) is 0 Å². The molecule has 0 nitrogen and oxygen atoms in total. The Morgan fingerprint density at radius 1 is 1.15 bits per heavy atom. The number of thiophene rings is 1. The zero-order chi connectivity index (χ0) is 15.1. The summed E-state index contributed by atoms with van der Waals surface area (Å²) in [5, 5.41) is 0. The zero-order valence-corrected chi connectivity index (χ0v) is 14.7. The van der Waals surface area contributed by atoms with Gasteiger partial charge in [-0.3, -0.25) is 0 Å². The van der Waals surface area contributed by atoms with Gasteiger partial charge in [0.05, 0.1) is 10.4 Å². The number of halogens is 5. The van der Waals surface area contributed by atoms with Gasteiger partial charge in [0.2, 0.25) is 0 Å². The molecule has 0 saturated heterocycles. The van der Waals surface area contributed by atoms with E-state index < -0.39 is 16.6 Å². The van der Waals surface area contributed by atoms with E-state index >= 15 is 0 Å². The molecule has 6 heteroatoms. The van der Waals surface area contributed by atoms with Gasteiger partial charge in [0.15, 0.2) is 0 Å². The molecular formula is C14H11Br2F3S. The van der Waals surface area contributed by atoms with Crippen molar-refractivity contribution in [1.29, 1.82) is 0 Å². The summed E-state index contributed by atoms with van der Waals surface area (Å²) in [6.07, 6.45) is -4.37. The molecule has 0 radical (unpaired) electrons. The number of rotatable bonds is 2. The second kappa shape index (κ2) is 5.81. The van der Waals surface area contributed by atoms with E-state index in [4.69, 9.17) is 0 Å². The lowest BCUT2D eigenvalue weighted by Crippen LogP contribution is -2.10. The maximum absolute atomic E-state index is 13.2.